The van der Waals surface area contributed by atoms with Gasteiger partial charge in [-0.3, -0.25) is 4.90 Å². The third-order valence-corrected chi connectivity index (χ3v) is 5.28. The lowest BCUT2D eigenvalue weighted by molar-refractivity contribution is -0.00100. The van der Waals surface area contributed by atoms with Gasteiger partial charge in [0.15, 0.2) is 11.5 Å². The van der Waals surface area contributed by atoms with Crippen molar-refractivity contribution in [3.05, 3.63) is 57.6 Å². The van der Waals surface area contributed by atoms with Gasteiger partial charge in [0.2, 0.25) is 0 Å². The summed E-state index contributed by atoms with van der Waals surface area (Å²) in [7, 11) is 1.65. The van der Waals surface area contributed by atoms with Crippen LogP contribution >= 0.6 is 23.2 Å². The molecule has 0 amide bonds. The molecule has 1 fully saturated rings. The van der Waals surface area contributed by atoms with Crippen LogP contribution in [0.25, 0.3) is 0 Å². The molecule has 1 aliphatic heterocycles. The molecule has 168 valence electrons. The van der Waals surface area contributed by atoms with E-state index in [1.165, 1.54) is 0 Å². The van der Waals surface area contributed by atoms with Gasteiger partial charge in [-0.15, -0.1) is 0 Å². The van der Waals surface area contributed by atoms with E-state index in [2.05, 4.69) is 10.2 Å². The van der Waals surface area contributed by atoms with Crippen molar-refractivity contribution >= 4 is 23.2 Å². The van der Waals surface area contributed by atoms with Gasteiger partial charge in [0.25, 0.3) is 0 Å². The lowest BCUT2D eigenvalue weighted by atomic mass is 10.1. The lowest BCUT2D eigenvalue weighted by Crippen LogP contribution is -3.00. The average Bonchev–Trinajstić information content (AvgIpc) is 2.71. The molecule has 1 N–H and O–H groups in total. The highest BCUT2D eigenvalue weighted by atomic mass is 35.5. The zero-order valence-corrected chi connectivity index (χ0v) is 19.8. The maximum Gasteiger partial charge on any atom is 0.166 e. The predicted octanol–water partition coefficient (Wildman–Crippen LogP) is -1.99. The van der Waals surface area contributed by atoms with E-state index in [0.717, 1.165) is 56.3 Å². The zero-order chi connectivity index (χ0) is 19.8. The van der Waals surface area contributed by atoms with Gasteiger partial charge in [-0.2, -0.15) is 0 Å². The van der Waals surface area contributed by atoms with Crippen molar-refractivity contribution in [2.75, 3.05) is 46.5 Å². The van der Waals surface area contributed by atoms with Crippen molar-refractivity contribution in [3.63, 3.8) is 0 Å². The van der Waals surface area contributed by atoms with Gasteiger partial charge in [0.1, 0.15) is 6.61 Å². The second-order valence-electron chi connectivity index (χ2n) is 6.60. The highest BCUT2D eigenvalue weighted by Crippen LogP contribution is 2.32. The van der Waals surface area contributed by atoms with Gasteiger partial charge < -0.3 is 44.3 Å². The first kappa shape index (κ1) is 27.1. The molecule has 0 atom stereocenters. The molecule has 0 unspecified atom stereocenters. The summed E-state index contributed by atoms with van der Waals surface area (Å²) in [6.45, 7) is 6.59. The van der Waals surface area contributed by atoms with Gasteiger partial charge >= 0.3 is 0 Å². The Hall–Kier alpha value is -0.920. The first-order valence-electron chi connectivity index (χ1n) is 9.41. The molecule has 1 aliphatic rings. The summed E-state index contributed by atoms with van der Waals surface area (Å²) in [5.74, 6) is 1.44. The number of rotatable bonds is 9. The molecule has 0 spiro atoms. The molecule has 0 saturated carbocycles. The van der Waals surface area contributed by atoms with Crippen LogP contribution in [0, 0.1) is 0 Å². The number of methoxy groups -OCH3 is 1. The maximum absolute atomic E-state index is 6.26. The second-order valence-corrected chi connectivity index (χ2v) is 7.45. The Bertz CT molecular complexity index is 774. The fraction of sp³-hybridized carbons (Fsp3) is 0.429. The first-order chi connectivity index (χ1) is 13.7. The number of halogens is 4. The van der Waals surface area contributed by atoms with E-state index in [1.54, 1.807) is 13.2 Å². The van der Waals surface area contributed by atoms with Gasteiger partial charge in [0, 0.05) is 53.9 Å². The van der Waals surface area contributed by atoms with Crippen molar-refractivity contribution in [2.45, 2.75) is 13.2 Å². The first-order valence-corrected chi connectivity index (χ1v) is 10.2. The van der Waals surface area contributed by atoms with E-state index in [0.29, 0.717) is 28.9 Å². The van der Waals surface area contributed by atoms with Gasteiger partial charge in [-0.1, -0.05) is 41.4 Å². The standard InChI is InChI=1S/C21H26Cl2N2O3.2ClH/c1-26-20-4-2-3-16(14-24-7-8-25-9-11-27-12-10-25)21(20)28-15-17-5-6-18(22)13-19(17)23;;/h2-6,13,24H,7-12,14-15H2,1H3;2*1H/p-2. The van der Waals surface area contributed by atoms with Crippen LogP contribution in [0.5, 0.6) is 11.5 Å². The molecular formula is C21H26Cl4N2O3-2. The fourth-order valence-electron chi connectivity index (χ4n) is 3.10. The third-order valence-electron chi connectivity index (χ3n) is 4.69. The Kier molecular flexibility index (Phi) is 12.8. The minimum absolute atomic E-state index is 0. The summed E-state index contributed by atoms with van der Waals surface area (Å²) in [4.78, 5) is 2.40. The normalized spacial score (nSPS) is 13.8. The summed E-state index contributed by atoms with van der Waals surface area (Å²) < 4.78 is 17.0. The third kappa shape index (κ3) is 7.97. The van der Waals surface area contributed by atoms with E-state index in [4.69, 9.17) is 37.4 Å². The molecule has 1 saturated heterocycles. The molecule has 0 bridgehead atoms. The molecule has 0 radical (unpaired) electrons. The topological polar surface area (TPSA) is 43.0 Å². The SMILES string of the molecule is COc1cccc(CNCCN2CCOCC2)c1OCc1ccc(Cl)cc1Cl.[Cl-].[Cl-]. The minimum Gasteiger partial charge on any atom is -1.00 e. The fourth-order valence-corrected chi connectivity index (χ4v) is 3.56. The summed E-state index contributed by atoms with van der Waals surface area (Å²) in [5, 5.41) is 4.69. The Labute approximate surface area is 200 Å². The molecule has 5 nitrogen and oxygen atoms in total. The monoisotopic (exact) mass is 494 g/mol. The van der Waals surface area contributed by atoms with Crippen LogP contribution in [0.1, 0.15) is 11.1 Å². The smallest absolute Gasteiger partial charge is 0.166 e. The van der Waals surface area contributed by atoms with Crippen molar-refractivity contribution in [2.24, 2.45) is 0 Å². The van der Waals surface area contributed by atoms with Gasteiger partial charge in [0.05, 0.1) is 20.3 Å². The molecule has 2 aromatic carbocycles. The van der Waals surface area contributed by atoms with Crippen molar-refractivity contribution in [3.8, 4) is 11.5 Å². The lowest BCUT2D eigenvalue weighted by Gasteiger charge is -2.26. The Balaban J connectivity index is 0.00000225. The van der Waals surface area contributed by atoms with Crippen LogP contribution in [0.3, 0.4) is 0 Å². The Morgan fingerprint density at radius 3 is 2.53 bits per heavy atom. The van der Waals surface area contributed by atoms with E-state index in [-0.39, 0.29) is 24.8 Å². The summed E-state index contributed by atoms with van der Waals surface area (Å²) in [5.41, 5.74) is 1.93. The summed E-state index contributed by atoms with van der Waals surface area (Å²) in [6.07, 6.45) is 0. The molecule has 30 heavy (non-hydrogen) atoms. The summed E-state index contributed by atoms with van der Waals surface area (Å²) >= 11 is 12.2. The molecule has 0 aromatic heterocycles. The number of hydrogen-bond donors (Lipinski definition) is 1. The zero-order valence-electron chi connectivity index (χ0n) is 16.8. The largest absolute Gasteiger partial charge is 1.00 e. The predicted molar refractivity (Wildman–Crippen MR) is 113 cm³/mol. The minimum atomic E-state index is 0. The number of morpholine rings is 1. The molecule has 0 aliphatic carbocycles. The van der Waals surface area contributed by atoms with Crippen LogP contribution in [-0.4, -0.2) is 51.4 Å². The molecule has 1 heterocycles. The quantitative estimate of drug-likeness (QED) is 0.408. The van der Waals surface area contributed by atoms with Crippen molar-refractivity contribution in [1.29, 1.82) is 0 Å². The molecule has 9 heteroatoms. The number of nitrogens with zero attached hydrogens (tertiary/aromatic N) is 1. The van der Waals surface area contributed by atoms with Crippen molar-refractivity contribution in [1.82, 2.24) is 10.2 Å². The van der Waals surface area contributed by atoms with Crippen molar-refractivity contribution < 1.29 is 39.0 Å². The van der Waals surface area contributed by atoms with E-state index >= 15 is 0 Å². The number of ether oxygens (including phenoxy) is 3. The van der Waals surface area contributed by atoms with Gasteiger partial charge in [-0.05, 0) is 18.2 Å². The summed E-state index contributed by atoms with van der Waals surface area (Å²) in [6, 6.07) is 11.3. The number of benzene rings is 2. The number of hydrogen-bond acceptors (Lipinski definition) is 5. The van der Waals surface area contributed by atoms with Crippen LogP contribution in [0.4, 0.5) is 0 Å². The Morgan fingerprint density at radius 1 is 1.07 bits per heavy atom. The van der Waals surface area contributed by atoms with E-state index in [9.17, 15) is 0 Å². The highest BCUT2D eigenvalue weighted by molar-refractivity contribution is 6.35. The second kappa shape index (κ2) is 14.2. The van der Waals surface area contributed by atoms with E-state index in [1.807, 2.05) is 30.3 Å². The molecular weight excluding hydrogens is 470 g/mol. The van der Waals surface area contributed by atoms with Crippen LogP contribution < -0.4 is 39.6 Å². The maximum atomic E-state index is 6.26. The Morgan fingerprint density at radius 2 is 1.83 bits per heavy atom. The molecule has 3 rings (SSSR count). The van der Waals surface area contributed by atoms with Crippen LogP contribution in [0.2, 0.25) is 10.0 Å². The van der Waals surface area contributed by atoms with Crippen LogP contribution in [-0.2, 0) is 17.9 Å². The highest BCUT2D eigenvalue weighted by Gasteiger charge is 2.13. The average molecular weight is 496 g/mol. The molecule has 2 aromatic rings. The van der Waals surface area contributed by atoms with E-state index < -0.39 is 0 Å². The van der Waals surface area contributed by atoms with Crippen LogP contribution in [0.15, 0.2) is 36.4 Å². The number of nitrogens with one attached hydrogen (secondary N) is 1. The number of para-hydroxylation sites is 1. The van der Waals surface area contributed by atoms with Gasteiger partial charge in [-0.25, -0.2) is 0 Å².